The molecule has 0 aliphatic heterocycles. The number of benzene rings is 2. The van der Waals surface area contributed by atoms with Crippen molar-refractivity contribution in [2.75, 3.05) is 24.4 Å². The molecule has 0 saturated heterocycles. The third-order valence-electron chi connectivity index (χ3n) is 3.32. The highest BCUT2D eigenvalue weighted by Crippen LogP contribution is 2.17. The summed E-state index contributed by atoms with van der Waals surface area (Å²) in [6.45, 7) is 1.85. The molecule has 4 nitrogen and oxygen atoms in total. The van der Waals surface area contributed by atoms with Crippen molar-refractivity contribution in [1.29, 1.82) is 0 Å². The number of hydrogen-bond donors (Lipinski definition) is 1. The summed E-state index contributed by atoms with van der Waals surface area (Å²) in [6.07, 6.45) is 0. The zero-order valence-corrected chi connectivity index (χ0v) is 12.5. The highest BCUT2D eigenvalue weighted by atomic mass is 16.5. The van der Waals surface area contributed by atoms with Crippen LogP contribution in [0.3, 0.4) is 0 Å². The standard InChI is InChI=1S/C17H20N2O2/c1-13(18-14-9-11-16(21-3)12-10-14)17(20)19(2)15-7-5-4-6-8-15/h4-13,18H,1-3H3/t13-/m1/s1. The highest BCUT2D eigenvalue weighted by molar-refractivity contribution is 5.98. The molecular formula is C17H20N2O2. The summed E-state index contributed by atoms with van der Waals surface area (Å²) < 4.78 is 5.11. The van der Waals surface area contributed by atoms with E-state index in [4.69, 9.17) is 4.74 Å². The molecule has 0 radical (unpaired) electrons. The maximum atomic E-state index is 12.4. The molecule has 2 rings (SSSR count). The van der Waals surface area contributed by atoms with E-state index in [9.17, 15) is 4.79 Å². The van der Waals surface area contributed by atoms with Gasteiger partial charge in [-0.05, 0) is 43.3 Å². The summed E-state index contributed by atoms with van der Waals surface area (Å²) in [5, 5.41) is 3.20. The molecule has 1 atom stereocenters. The minimum absolute atomic E-state index is 0.0111. The lowest BCUT2D eigenvalue weighted by atomic mass is 10.2. The van der Waals surface area contributed by atoms with E-state index in [1.54, 1.807) is 19.1 Å². The molecule has 0 saturated carbocycles. The molecule has 0 bridgehead atoms. The normalized spacial score (nSPS) is 11.6. The van der Waals surface area contributed by atoms with Crippen molar-refractivity contribution >= 4 is 17.3 Å². The van der Waals surface area contributed by atoms with E-state index in [1.165, 1.54) is 0 Å². The van der Waals surface area contributed by atoms with Crippen LogP contribution in [-0.4, -0.2) is 26.1 Å². The Morgan fingerprint density at radius 1 is 1.10 bits per heavy atom. The van der Waals surface area contributed by atoms with E-state index in [-0.39, 0.29) is 11.9 Å². The van der Waals surface area contributed by atoms with Gasteiger partial charge in [-0.1, -0.05) is 18.2 Å². The van der Waals surface area contributed by atoms with Crippen molar-refractivity contribution in [3.05, 3.63) is 54.6 Å². The van der Waals surface area contributed by atoms with E-state index in [2.05, 4.69) is 5.32 Å². The number of amides is 1. The Balaban J connectivity index is 2.01. The molecule has 0 spiro atoms. The van der Waals surface area contributed by atoms with Gasteiger partial charge in [0.2, 0.25) is 5.91 Å². The lowest BCUT2D eigenvalue weighted by Crippen LogP contribution is -2.39. The number of para-hydroxylation sites is 1. The van der Waals surface area contributed by atoms with Gasteiger partial charge in [0.1, 0.15) is 11.8 Å². The first kappa shape index (κ1) is 14.9. The third kappa shape index (κ3) is 3.75. The minimum atomic E-state index is -0.316. The average Bonchev–Trinajstić information content (AvgIpc) is 2.55. The SMILES string of the molecule is COc1ccc(N[C@H](C)C(=O)N(C)c2ccccc2)cc1. The molecule has 0 aliphatic rings. The number of rotatable bonds is 5. The number of carbonyl (C=O) groups is 1. The predicted octanol–water partition coefficient (Wildman–Crippen LogP) is 3.16. The molecule has 0 heterocycles. The molecule has 0 fully saturated rings. The first-order valence-corrected chi connectivity index (χ1v) is 6.85. The Hall–Kier alpha value is -2.49. The smallest absolute Gasteiger partial charge is 0.248 e. The van der Waals surface area contributed by atoms with Gasteiger partial charge in [0.05, 0.1) is 7.11 Å². The Kier molecular flexibility index (Phi) is 4.82. The number of nitrogens with zero attached hydrogens (tertiary/aromatic N) is 1. The van der Waals surface area contributed by atoms with Gasteiger partial charge in [-0.25, -0.2) is 0 Å². The topological polar surface area (TPSA) is 41.6 Å². The van der Waals surface area contributed by atoms with E-state index >= 15 is 0 Å². The van der Waals surface area contributed by atoms with Crippen LogP contribution in [0.25, 0.3) is 0 Å². The lowest BCUT2D eigenvalue weighted by Gasteiger charge is -2.23. The number of hydrogen-bond acceptors (Lipinski definition) is 3. The Bertz CT molecular complexity index is 581. The van der Waals surface area contributed by atoms with E-state index < -0.39 is 0 Å². The van der Waals surface area contributed by atoms with Crippen molar-refractivity contribution in [3.63, 3.8) is 0 Å². The van der Waals surface area contributed by atoms with E-state index in [0.29, 0.717) is 0 Å². The van der Waals surface area contributed by atoms with Crippen molar-refractivity contribution < 1.29 is 9.53 Å². The number of likely N-dealkylation sites (N-methyl/N-ethyl adjacent to an activating group) is 1. The number of carbonyl (C=O) groups excluding carboxylic acids is 1. The van der Waals surface area contributed by atoms with Gasteiger partial charge in [-0.15, -0.1) is 0 Å². The van der Waals surface area contributed by atoms with Crippen LogP contribution < -0.4 is 15.0 Å². The fourth-order valence-electron chi connectivity index (χ4n) is 2.07. The second-order valence-corrected chi connectivity index (χ2v) is 4.83. The van der Waals surface area contributed by atoms with Crippen LogP contribution in [0.2, 0.25) is 0 Å². The molecular weight excluding hydrogens is 264 g/mol. The summed E-state index contributed by atoms with van der Waals surface area (Å²) in [6, 6.07) is 16.8. The van der Waals surface area contributed by atoms with E-state index in [1.807, 2.05) is 61.5 Å². The maximum Gasteiger partial charge on any atom is 0.248 e. The third-order valence-corrected chi connectivity index (χ3v) is 3.32. The van der Waals surface area contributed by atoms with Crippen molar-refractivity contribution in [1.82, 2.24) is 0 Å². The molecule has 110 valence electrons. The summed E-state index contributed by atoms with van der Waals surface area (Å²) in [5.74, 6) is 0.804. The number of methoxy groups -OCH3 is 1. The summed E-state index contributed by atoms with van der Waals surface area (Å²) >= 11 is 0. The Morgan fingerprint density at radius 2 is 1.71 bits per heavy atom. The number of nitrogens with one attached hydrogen (secondary N) is 1. The number of ether oxygens (including phenoxy) is 1. The Morgan fingerprint density at radius 3 is 2.29 bits per heavy atom. The fraction of sp³-hybridized carbons (Fsp3) is 0.235. The Labute approximate surface area is 125 Å². The molecule has 1 N–H and O–H groups in total. The number of anilines is 2. The van der Waals surface area contributed by atoms with Crippen molar-refractivity contribution in [2.24, 2.45) is 0 Å². The van der Waals surface area contributed by atoms with E-state index in [0.717, 1.165) is 17.1 Å². The molecule has 0 aliphatic carbocycles. The van der Waals surface area contributed by atoms with Gasteiger partial charge in [0, 0.05) is 18.4 Å². The molecule has 2 aromatic rings. The summed E-state index contributed by atoms with van der Waals surface area (Å²) in [7, 11) is 3.41. The monoisotopic (exact) mass is 284 g/mol. The maximum absolute atomic E-state index is 12.4. The van der Waals surface area contributed by atoms with Crippen LogP contribution in [0.5, 0.6) is 5.75 Å². The van der Waals surface area contributed by atoms with Gasteiger partial charge < -0.3 is 15.0 Å². The van der Waals surface area contributed by atoms with Gasteiger partial charge >= 0.3 is 0 Å². The van der Waals surface area contributed by atoms with Crippen LogP contribution in [0, 0.1) is 0 Å². The van der Waals surface area contributed by atoms with Gasteiger partial charge in [0.15, 0.2) is 0 Å². The molecule has 4 heteroatoms. The minimum Gasteiger partial charge on any atom is -0.497 e. The second kappa shape index (κ2) is 6.79. The van der Waals surface area contributed by atoms with Gasteiger partial charge in [0.25, 0.3) is 0 Å². The average molecular weight is 284 g/mol. The molecule has 1 amide bonds. The first-order valence-electron chi connectivity index (χ1n) is 6.85. The van der Waals surface area contributed by atoms with Crippen LogP contribution in [0.15, 0.2) is 54.6 Å². The molecule has 2 aromatic carbocycles. The second-order valence-electron chi connectivity index (χ2n) is 4.83. The van der Waals surface area contributed by atoms with Crippen molar-refractivity contribution in [2.45, 2.75) is 13.0 Å². The van der Waals surface area contributed by atoms with Crippen LogP contribution in [0.1, 0.15) is 6.92 Å². The first-order chi connectivity index (χ1) is 10.1. The van der Waals surface area contributed by atoms with Crippen LogP contribution >= 0.6 is 0 Å². The zero-order valence-electron chi connectivity index (χ0n) is 12.5. The molecule has 0 unspecified atom stereocenters. The largest absolute Gasteiger partial charge is 0.497 e. The quantitative estimate of drug-likeness (QED) is 0.917. The lowest BCUT2D eigenvalue weighted by molar-refractivity contribution is -0.118. The van der Waals surface area contributed by atoms with Crippen molar-refractivity contribution in [3.8, 4) is 5.75 Å². The van der Waals surface area contributed by atoms with Gasteiger partial charge in [-0.2, -0.15) is 0 Å². The highest BCUT2D eigenvalue weighted by Gasteiger charge is 2.18. The predicted molar refractivity (Wildman–Crippen MR) is 85.9 cm³/mol. The fourth-order valence-corrected chi connectivity index (χ4v) is 2.07. The molecule has 0 aromatic heterocycles. The summed E-state index contributed by atoms with van der Waals surface area (Å²) in [4.78, 5) is 14.1. The zero-order chi connectivity index (χ0) is 15.2. The summed E-state index contributed by atoms with van der Waals surface area (Å²) in [5.41, 5.74) is 1.77. The van der Waals surface area contributed by atoms with Crippen LogP contribution in [0.4, 0.5) is 11.4 Å². The van der Waals surface area contributed by atoms with Gasteiger partial charge in [-0.3, -0.25) is 4.79 Å². The van der Waals surface area contributed by atoms with Crippen LogP contribution in [-0.2, 0) is 4.79 Å². The molecule has 21 heavy (non-hydrogen) atoms.